The van der Waals surface area contributed by atoms with Gasteiger partial charge in [0, 0.05) is 6.04 Å². The first-order chi connectivity index (χ1) is 8.20. The molecule has 1 aliphatic rings. The van der Waals surface area contributed by atoms with Crippen molar-refractivity contribution in [1.82, 2.24) is 15.3 Å². The number of nitrogen functional groups attached to an aromatic ring is 1. The second-order valence-electron chi connectivity index (χ2n) is 4.39. The summed E-state index contributed by atoms with van der Waals surface area (Å²) in [6.07, 6.45) is 6.54. The predicted octanol–water partition coefficient (Wildman–Crippen LogP) is 0.681. The number of hydrogen-bond donors (Lipinski definition) is 3. The maximum Gasteiger partial charge on any atom is 0.271 e. The molecule has 1 unspecified atom stereocenters. The average molecular weight is 235 g/mol. The molecule has 1 atom stereocenters. The molecule has 1 amide bonds. The Kier molecular flexibility index (Phi) is 3.53. The van der Waals surface area contributed by atoms with Crippen molar-refractivity contribution in [3.8, 4) is 0 Å². The van der Waals surface area contributed by atoms with Crippen LogP contribution in [0.5, 0.6) is 0 Å². The largest absolute Gasteiger partial charge is 0.348 e. The molecule has 6 nitrogen and oxygen atoms in total. The van der Waals surface area contributed by atoms with Crippen LogP contribution in [-0.4, -0.2) is 21.9 Å². The highest BCUT2D eigenvalue weighted by Gasteiger charge is 2.25. The first-order valence-electron chi connectivity index (χ1n) is 5.80. The molecule has 1 fully saturated rings. The first-order valence-corrected chi connectivity index (χ1v) is 5.80. The van der Waals surface area contributed by atoms with Gasteiger partial charge in [-0.2, -0.15) is 0 Å². The Bertz CT molecular complexity index is 405. The van der Waals surface area contributed by atoms with Crippen LogP contribution in [0.25, 0.3) is 0 Å². The third-order valence-electron chi connectivity index (χ3n) is 3.23. The van der Waals surface area contributed by atoms with Gasteiger partial charge < -0.3 is 10.7 Å². The summed E-state index contributed by atoms with van der Waals surface area (Å²) in [6, 6.07) is 0.188. The zero-order valence-corrected chi connectivity index (χ0v) is 9.81. The lowest BCUT2D eigenvalue weighted by Gasteiger charge is -2.31. The molecule has 0 saturated heterocycles. The van der Waals surface area contributed by atoms with Gasteiger partial charge in [0.25, 0.3) is 5.91 Å². The number of carbonyl (C=O) groups is 1. The minimum absolute atomic E-state index is 0.188. The summed E-state index contributed by atoms with van der Waals surface area (Å²) in [5, 5.41) is 2.94. The van der Waals surface area contributed by atoms with Crippen molar-refractivity contribution >= 4 is 11.7 Å². The molecule has 0 radical (unpaired) electrons. The van der Waals surface area contributed by atoms with Crippen molar-refractivity contribution in [2.45, 2.75) is 32.2 Å². The highest BCUT2D eigenvalue weighted by molar-refractivity contribution is 5.92. The predicted molar refractivity (Wildman–Crippen MR) is 64.1 cm³/mol. The van der Waals surface area contributed by atoms with Crippen molar-refractivity contribution in [1.29, 1.82) is 0 Å². The molecule has 6 heteroatoms. The summed E-state index contributed by atoms with van der Waals surface area (Å²) >= 11 is 0. The summed E-state index contributed by atoms with van der Waals surface area (Å²) in [6.45, 7) is 2.03. The lowest BCUT2D eigenvalue weighted by Crippen LogP contribution is -2.41. The Morgan fingerprint density at radius 2 is 2.29 bits per heavy atom. The first kappa shape index (κ1) is 11.8. The molecule has 1 aliphatic carbocycles. The van der Waals surface area contributed by atoms with Gasteiger partial charge in [-0.15, -0.1) is 0 Å². The highest BCUT2D eigenvalue weighted by atomic mass is 16.1. The van der Waals surface area contributed by atoms with Gasteiger partial charge in [0.2, 0.25) is 0 Å². The van der Waals surface area contributed by atoms with Gasteiger partial charge >= 0.3 is 0 Å². The van der Waals surface area contributed by atoms with Crippen LogP contribution < -0.4 is 16.6 Å². The van der Waals surface area contributed by atoms with E-state index in [9.17, 15) is 4.79 Å². The summed E-state index contributed by atoms with van der Waals surface area (Å²) in [5.74, 6) is 6.00. The maximum atomic E-state index is 11.9. The third-order valence-corrected chi connectivity index (χ3v) is 3.23. The molecule has 1 saturated carbocycles. The van der Waals surface area contributed by atoms with Crippen LogP contribution in [0.3, 0.4) is 0 Å². The lowest BCUT2D eigenvalue weighted by atomic mass is 9.80. The van der Waals surface area contributed by atoms with Gasteiger partial charge in [-0.25, -0.2) is 10.8 Å². The highest BCUT2D eigenvalue weighted by Crippen LogP contribution is 2.29. The Hall–Kier alpha value is -1.69. The fourth-order valence-electron chi connectivity index (χ4n) is 1.88. The quantitative estimate of drug-likeness (QED) is 0.527. The maximum absolute atomic E-state index is 11.9. The van der Waals surface area contributed by atoms with E-state index < -0.39 is 0 Å². The van der Waals surface area contributed by atoms with Crippen LogP contribution in [0.4, 0.5) is 5.82 Å². The summed E-state index contributed by atoms with van der Waals surface area (Å²) in [4.78, 5) is 19.8. The van der Waals surface area contributed by atoms with Gasteiger partial charge in [0.05, 0.1) is 12.4 Å². The topological polar surface area (TPSA) is 92.9 Å². The second-order valence-corrected chi connectivity index (χ2v) is 4.39. The number of amides is 1. The molecule has 1 aromatic rings. The molecule has 1 heterocycles. The number of rotatable bonds is 4. The zero-order chi connectivity index (χ0) is 12.3. The number of hydrazine groups is 1. The molecule has 17 heavy (non-hydrogen) atoms. The smallest absolute Gasteiger partial charge is 0.271 e. The summed E-state index contributed by atoms with van der Waals surface area (Å²) < 4.78 is 0. The fourth-order valence-corrected chi connectivity index (χ4v) is 1.88. The van der Waals surface area contributed by atoms with Crippen LogP contribution in [-0.2, 0) is 0 Å². The fraction of sp³-hybridized carbons (Fsp3) is 0.545. The average Bonchev–Trinajstić information content (AvgIpc) is 2.26. The number of aromatic nitrogens is 2. The van der Waals surface area contributed by atoms with Crippen LogP contribution in [0.1, 0.15) is 36.7 Å². The molecule has 0 aliphatic heterocycles. The van der Waals surface area contributed by atoms with E-state index in [2.05, 4.69) is 20.7 Å². The van der Waals surface area contributed by atoms with Crippen molar-refractivity contribution in [3.63, 3.8) is 0 Å². The number of anilines is 1. The van der Waals surface area contributed by atoms with E-state index in [0.29, 0.717) is 11.7 Å². The van der Waals surface area contributed by atoms with E-state index in [4.69, 9.17) is 5.84 Å². The zero-order valence-electron chi connectivity index (χ0n) is 9.81. The monoisotopic (exact) mass is 235 g/mol. The number of nitrogens with two attached hydrogens (primary N) is 1. The van der Waals surface area contributed by atoms with Crippen LogP contribution in [0.2, 0.25) is 0 Å². The number of nitrogens with zero attached hydrogens (tertiary/aromatic N) is 2. The Labute approximate surface area is 100.0 Å². The molecule has 0 spiro atoms. The third kappa shape index (κ3) is 2.71. The van der Waals surface area contributed by atoms with Crippen molar-refractivity contribution in [3.05, 3.63) is 18.1 Å². The van der Waals surface area contributed by atoms with Crippen molar-refractivity contribution in [2.75, 3.05) is 5.43 Å². The second kappa shape index (κ2) is 5.09. The van der Waals surface area contributed by atoms with Gasteiger partial charge in [-0.3, -0.25) is 9.78 Å². The van der Waals surface area contributed by atoms with Gasteiger partial charge in [0.1, 0.15) is 5.69 Å². The van der Waals surface area contributed by atoms with Crippen molar-refractivity contribution in [2.24, 2.45) is 11.8 Å². The van der Waals surface area contributed by atoms with Gasteiger partial charge in [0.15, 0.2) is 5.82 Å². The summed E-state index contributed by atoms with van der Waals surface area (Å²) in [7, 11) is 0. The molecule has 2 rings (SSSR count). The van der Waals surface area contributed by atoms with Crippen LogP contribution >= 0.6 is 0 Å². The van der Waals surface area contributed by atoms with Crippen LogP contribution in [0, 0.1) is 5.92 Å². The molecule has 0 bridgehead atoms. The van der Waals surface area contributed by atoms with E-state index in [1.807, 2.05) is 6.92 Å². The Morgan fingerprint density at radius 3 is 2.88 bits per heavy atom. The Balaban J connectivity index is 1.98. The minimum Gasteiger partial charge on any atom is -0.348 e. The molecule has 1 aromatic heterocycles. The van der Waals surface area contributed by atoms with E-state index in [1.165, 1.54) is 31.7 Å². The number of carbonyl (C=O) groups excluding carboxylic acids is 1. The van der Waals surface area contributed by atoms with E-state index in [0.717, 1.165) is 0 Å². The Morgan fingerprint density at radius 1 is 1.53 bits per heavy atom. The van der Waals surface area contributed by atoms with Crippen LogP contribution in [0.15, 0.2) is 12.4 Å². The van der Waals surface area contributed by atoms with E-state index in [-0.39, 0.29) is 17.6 Å². The van der Waals surface area contributed by atoms with Gasteiger partial charge in [-0.05, 0) is 25.7 Å². The molecule has 4 N–H and O–H groups in total. The normalized spacial score (nSPS) is 17.1. The lowest BCUT2D eigenvalue weighted by molar-refractivity contribution is 0.0904. The molecular formula is C11H17N5O. The molecular weight excluding hydrogens is 218 g/mol. The van der Waals surface area contributed by atoms with Crippen molar-refractivity contribution < 1.29 is 4.79 Å². The number of nitrogens with one attached hydrogen (secondary N) is 2. The molecule has 0 aromatic carbocycles. The minimum atomic E-state index is -0.200. The number of hydrogen-bond acceptors (Lipinski definition) is 5. The summed E-state index contributed by atoms with van der Waals surface area (Å²) in [5.41, 5.74) is 2.65. The SMILES string of the molecule is CC(NC(=O)c1cncc(NN)n1)C1CCC1. The van der Waals surface area contributed by atoms with E-state index in [1.54, 1.807) is 0 Å². The van der Waals surface area contributed by atoms with Gasteiger partial charge in [-0.1, -0.05) is 6.42 Å². The standard InChI is InChI=1S/C11H17N5O/c1-7(8-3-2-4-8)14-11(17)9-5-13-6-10(15-9)16-12/h5-8H,2-4,12H2,1H3,(H,14,17)(H,15,16). The van der Waals surface area contributed by atoms with E-state index >= 15 is 0 Å². The molecule has 92 valence electrons.